The number of nitrogens with zero attached hydrogens (tertiary/aromatic N) is 1. The lowest BCUT2D eigenvalue weighted by molar-refractivity contribution is 0.0986. The van der Waals surface area contributed by atoms with Crippen LogP contribution in [-0.4, -0.2) is 15.9 Å². The fourth-order valence-corrected chi connectivity index (χ4v) is 3.34. The van der Waals surface area contributed by atoms with Gasteiger partial charge in [-0.25, -0.2) is 5.53 Å². The van der Waals surface area contributed by atoms with Crippen LogP contribution in [0, 0.1) is 19.4 Å². The predicted molar refractivity (Wildman–Crippen MR) is 86.6 cm³/mol. The van der Waals surface area contributed by atoms with E-state index in [2.05, 4.69) is 27.2 Å². The third-order valence-electron chi connectivity index (χ3n) is 4.32. The third-order valence-corrected chi connectivity index (χ3v) is 4.32. The topological polar surface area (TPSA) is 84.9 Å². The number of fused-ring (bicyclic) bond motifs is 5. The number of para-hydroxylation sites is 1. The minimum atomic E-state index is -0.544. The summed E-state index contributed by atoms with van der Waals surface area (Å²) in [7, 11) is 0. The van der Waals surface area contributed by atoms with Crippen molar-refractivity contribution in [1.29, 1.82) is 5.53 Å². The Bertz CT molecular complexity index is 1080. The molecule has 2 heterocycles. The van der Waals surface area contributed by atoms with Gasteiger partial charge in [-0.15, -0.1) is 5.11 Å². The van der Waals surface area contributed by atoms with Crippen LogP contribution < -0.4 is 0 Å². The Morgan fingerprint density at radius 3 is 2.64 bits per heavy atom. The molecule has 108 valence electrons. The van der Waals surface area contributed by atoms with Gasteiger partial charge in [0.2, 0.25) is 0 Å². The number of aromatic nitrogens is 2. The molecule has 1 amide bonds. The number of amides is 1. The number of benzene rings is 2. The first-order valence-electron chi connectivity index (χ1n) is 7.06. The number of carbonyl (C=O) groups is 1. The zero-order valence-electron chi connectivity index (χ0n) is 12.2. The number of hydrogen-bond acceptors (Lipinski definition) is 2. The molecule has 0 atom stereocenters. The van der Waals surface area contributed by atoms with E-state index in [1.54, 1.807) is 0 Å². The molecule has 0 radical (unpaired) electrons. The maximum atomic E-state index is 11.8. The SMILES string of the molecule is Cc1cc2c3ccccc3[nH]c2c2[nH]c(C(=O)N=N)c(C)c12. The normalized spacial score (nSPS) is 11.5. The Hall–Kier alpha value is -2.95. The van der Waals surface area contributed by atoms with Crippen LogP contribution in [0.4, 0.5) is 0 Å². The van der Waals surface area contributed by atoms with E-state index in [1.807, 2.05) is 32.0 Å². The summed E-state index contributed by atoms with van der Waals surface area (Å²) in [6, 6.07) is 10.3. The summed E-state index contributed by atoms with van der Waals surface area (Å²) >= 11 is 0. The second-order valence-corrected chi connectivity index (χ2v) is 5.58. The number of H-pyrrole nitrogens is 2. The van der Waals surface area contributed by atoms with Crippen molar-refractivity contribution in [3.63, 3.8) is 0 Å². The molecule has 5 heteroatoms. The summed E-state index contributed by atoms with van der Waals surface area (Å²) in [4.78, 5) is 18.4. The van der Waals surface area contributed by atoms with Gasteiger partial charge in [-0.1, -0.05) is 18.2 Å². The smallest absolute Gasteiger partial charge is 0.311 e. The third kappa shape index (κ3) is 1.50. The lowest BCUT2D eigenvalue weighted by atomic mass is 10.0. The van der Waals surface area contributed by atoms with E-state index in [9.17, 15) is 4.79 Å². The monoisotopic (exact) mass is 290 g/mol. The highest BCUT2D eigenvalue weighted by molar-refractivity contribution is 6.18. The molecule has 4 rings (SSSR count). The standard InChI is InChI=1S/C17H14N4O/c1-8-7-11-10-5-3-4-6-12(10)19-15(11)16-13(8)9(2)14(20-16)17(22)21-18/h3-7,18-20H,1-2H3. The first kappa shape index (κ1) is 12.8. The molecule has 0 aliphatic carbocycles. The van der Waals surface area contributed by atoms with Crippen LogP contribution >= 0.6 is 0 Å². The maximum Gasteiger partial charge on any atom is 0.311 e. The van der Waals surface area contributed by atoms with Gasteiger partial charge in [0.15, 0.2) is 0 Å². The largest absolute Gasteiger partial charge is 0.353 e. The van der Waals surface area contributed by atoms with Crippen LogP contribution in [0.5, 0.6) is 0 Å². The second-order valence-electron chi connectivity index (χ2n) is 5.58. The Balaban J connectivity index is 2.24. The molecule has 0 aliphatic heterocycles. The van der Waals surface area contributed by atoms with E-state index in [4.69, 9.17) is 5.53 Å². The fraction of sp³-hybridized carbons (Fsp3) is 0.118. The van der Waals surface area contributed by atoms with E-state index in [0.717, 1.165) is 43.8 Å². The molecule has 22 heavy (non-hydrogen) atoms. The Morgan fingerprint density at radius 2 is 1.86 bits per heavy atom. The molecule has 0 spiro atoms. The van der Waals surface area contributed by atoms with Crippen molar-refractivity contribution in [2.75, 3.05) is 0 Å². The maximum absolute atomic E-state index is 11.8. The van der Waals surface area contributed by atoms with Crippen LogP contribution in [0.3, 0.4) is 0 Å². The van der Waals surface area contributed by atoms with Crippen LogP contribution in [0.1, 0.15) is 21.6 Å². The zero-order valence-corrected chi connectivity index (χ0v) is 12.2. The van der Waals surface area contributed by atoms with Gasteiger partial charge in [0.1, 0.15) is 5.69 Å². The van der Waals surface area contributed by atoms with Crippen molar-refractivity contribution < 1.29 is 4.79 Å². The molecule has 0 unspecified atom stereocenters. The first-order valence-corrected chi connectivity index (χ1v) is 7.06. The number of aromatic amines is 2. The van der Waals surface area contributed by atoms with Crippen molar-refractivity contribution in [2.45, 2.75) is 13.8 Å². The number of aryl methyl sites for hydroxylation is 2. The summed E-state index contributed by atoms with van der Waals surface area (Å²) in [5.41, 5.74) is 12.2. The van der Waals surface area contributed by atoms with Gasteiger partial charge in [-0.2, -0.15) is 0 Å². The quantitative estimate of drug-likeness (QED) is 0.440. The van der Waals surface area contributed by atoms with Gasteiger partial charge >= 0.3 is 5.91 Å². The summed E-state index contributed by atoms with van der Waals surface area (Å²) in [5.74, 6) is -0.544. The van der Waals surface area contributed by atoms with Crippen molar-refractivity contribution in [1.82, 2.24) is 9.97 Å². The molecule has 0 saturated carbocycles. The molecule has 2 aromatic carbocycles. The van der Waals surface area contributed by atoms with Gasteiger partial charge in [0, 0.05) is 21.7 Å². The summed E-state index contributed by atoms with van der Waals surface area (Å²) in [5, 5.41) is 6.34. The zero-order chi connectivity index (χ0) is 15.4. The molecule has 0 saturated heterocycles. The van der Waals surface area contributed by atoms with Crippen molar-refractivity contribution in [2.24, 2.45) is 5.11 Å². The van der Waals surface area contributed by atoms with Gasteiger partial charge in [0.05, 0.1) is 11.0 Å². The van der Waals surface area contributed by atoms with Crippen LogP contribution in [0.2, 0.25) is 0 Å². The Kier molecular flexibility index (Phi) is 2.48. The highest BCUT2D eigenvalue weighted by Crippen LogP contribution is 2.35. The Morgan fingerprint density at radius 1 is 1.09 bits per heavy atom. The fourth-order valence-electron chi connectivity index (χ4n) is 3.34. The summed E-state index contributed by atoms with van der Waals surface area (Å²) in [6.07, 6.45) is 0. The number of hydrogen-bond donors (Lipinski definition) is 3. The van der Waals surface area contributed by atoms with E-state index in [0.29, 0.717) is 5.69 Å². The number of nitrogens with one attached hydrogen (secondary N) is 3. The summed E-state index contributed by atoms with van der Waals surface area (Å²) in [6.45, 7) is 3.93. The minimum Gasteiger partial charge on any atom is -0.353 e. The Labute approximate surface area is 125 Å². The van der Waals surface area contributed by atoms with Crippen molar-refractivity contribution in [3.8, 4) is 0 Å². The molecule has 0 aliphatic rings. The average Bonchev–Trinajstić information content (AvgIpc) is 3.06. The van der Waals surface area contributed by atoms with E-state index < -0.39 is 5.91 Å². The lowest BCUT2D eigenvalue weighted by Gasteiger charge is -2.00. The lowest BCUT2D eigenvalue weighted by Crippen LogP contribution is -1.95. The van der Waals surface area contributed by atoms with Gasteiger partial charge in [0.25, 0.3) is 0 Å². The number of carbonyl (C=O) groups excluding carboxylic acids is 1. The molecule has 0 fully saturated rings. The average molecular weight is 290 g/mol. The van der Waals surface area contributed by atoms with Gasteiger partial charge in [-0.3, -0.25) is 4.79 Å². The second kappa shape index (κ2) is 4.27. The number of rotatable bonds is 1. The van der Waals surface area contributed by atoms with E-state index in [1.165, 1.54) is 0 Å². The molecule has 5 nitrogen and oxygen atoms in total. The molecule has 4 aromatic rings. The van der Waals surface area contributed by atoms with Crippen LogP contribution in [0.15, 0.2) is 35.4 Å². The molecular weight excluding hydrogens is 276 g/mol. The molecule has 0 bridgehead atoms. The highest BCUT2D eigenvalue weighted by Gasteiger charge is 2.19. The first-order chi connectivity index (χ1) is 10.6. The van der Waals surface area contributed by atoms with Crippen LogP contribution in [0.25, 0.3) is 32.7 Å². The van der Waals surface area contributed by atoms with E-state index in [-0.39, 0.29) is 0 Å². The van der Waals surface area contributed by atoms with Gasteiger partial charge in [-0.05, 0) is 37.1 Å². The molecule has 2 aromatic heterocycles. The van der Waals surface area contributed by atoms with Crippen LogP contribution in [-0.2, 0) is 0 Å². The predicted octanol–water partition coefficient (Wildman–Crippen LogP) is 4.59. The minimum absolute atomic E-state index is 0.388. The van der Waals surface area contributed by atoms with Crippen molar-refractivity contribution in [3.05, 3.63) is 47.2 Å². The molecular formula is C17H14N4O. The molecule has 3 N–H and O–H groups in total. The van der Waals surface area contributed by atoms with Gasteiger partial charge < -0.3 is 9.97 Å². The summed E-state index contributed by atoms with van der Waals surface area (Å²) < 4.78 is 0. The van der Waals surface area contributed by atoms with E-state index >= 15 is 0 Å². The van der Waals surface area contributed by atoms with Crippen molar-refractivity contribution >= 4 is 38.6 Å². The highest BCUT2D eigenvalue weighted by atomic mass is 16.1.